The van der Waals surface area contributed by atoms with Crippen molar-refractivity contribution in [2.45, 2.75) is 26.2 Å². The molecule has 114 valence electrons. The molecule has 22 heavy (non-hydrogen) atoms. The predicted octanol–water partition coefficient (Wildman–Crippen LogP) is 4.76. The van der Waals surface area contributed by atoms with Crippen LogP contribution in [0.3, 0.4) is 0 Å². The highest BCUT2D eigenvalue weighted by Crippen LogP contribution is 2.20. The molecule has 0 aromatic heterocycles. The molecule has 0 bridgehead atoms. The molecule has 0 unspecified atom stereocenters. The summed E-state index contributed by atoms with van der Waals surface area (Å²) in [7, 11) is 0. The Hall–Kier alpha value is -2.42. The van der Waals surface area contributed by atoms with Crippen LogP contribution >= 0.6 is 0 Å². The lowest BCUT2D eigenvalue weighted by atomic mass is 10.0. The number of carbonyl (C=O) groups excluding carboxylic acids is 1. The van der Waals surface area contributed by atoms with Crippen LogP contribution in [0.4, 0.5) is 5.69 Å². The SMILES string of the molecule is CC(C)c1cccc(N=CCCOC(=O)c2ccccc2)c1. The fraction of sp³-hybridized carbons (Fsp3) is 0.263. The molecule has 0 saturated carbocycles. The van der Waals surface area contributed by atoms with Gasteiger partial charge in [-0.25, -0.2) is 4.79 Å². The molecule has 0 aliphatic carbocycles. The summed E-state index contributed by atoms with van der Waals surface area (Å²) in [5.74, 6) is 0.192. The van der Waals surface area contributed by atoms with Gasteiger partial charge < -0.3 is 4.74 Å². The first kappa shape index (κ1) is 16.0. The molecule has 0 amide bonds. The predicted molar refractivity (Wildman–Crippen MR) is 90.0 cm³/mol. The third kappa shape index (κ3) is 4.85. The monoisotopic (exact) mass is 295 g/mol. The van der Waals surface area contributed by atoms with Gasteiger partial charge in [0, 0.05) is 12.6 Å². The second-order valence-electron chi connectivity index (χ2n) is 5.35. The third-order valence-corrected chi connectivity index (χ3v) is 3.27. The van der Waals surface area contributed by atoms with Crippen molar-refractivity contribution in [2.24, 2.45) is 4.99 Å². The summed E-state index contributed by atoms with van der Waals surface area (Å²) in [6.45, 7) is 4.65. The first-order valence-electron chi connectivity index (χ1n) is 7.51. The Labute approximate surface area is 131 Å². The van der Waals surface area contributed by atoms with E-state index in [0.717, 1.165) is 5.69 Å². The van der Waals surface area contributed by atoms with Crippen LogP contribution in [0.15, 0.2) is 59.6 Å². The van der Waals surface area contributed by atoms with Crippen LogP contribution in [0.25, 0.3) is 0 Å². The molecule has 0 fully saturated rings. The number of ether oxygens (including phenoxy) is 1. The summed E-state index contributed by atoms with van der Waals surface area (Å²) in [4.78, 5) is 16.1. The molecule has 3 nitrogen and oxygen atoms in total. The van der Waals surface area contributed by atoms with Gasteiger partial charge in [0.05, 0.1) is 17.9 Å². The molecule has 0 aliphatic rings. The number of carbonyl (C=O) groups is 1. The van der Waals surface area contributed by atoms with Gasteiger partial charge in [-0.3, -0.25) is 4.99 Å². The standard InChI is InChI=1S/C19H21NO2/c1-15(2)17-10-6-11-18(14-17)20-12-7-13-22-19(21)16-8-4-3-5-9-16/h3-6,8-12,14-15H,7,13H2,1-2H3. The van der Waals surface area contributed by atoms with Crippen LogP contribution in [-0.2, 0) is 4.74 Å². The minimum absolute atomic E-state index is 0.296. The van der Waals surface area contributed by atoms with Crippen LogP contribution in [0.1, 0.15) is 42.1 Å². The van der Waals surface area contributed by atoms with Gasteiger partial charge in [-0.15, -0.1) is 0 Å². The van der Waals surface area contributed by atoms with Crippen molar-refractivity contribution in [1.29, 1.82) is 0 Å². The third-order valence-electron chi connectivity index (χ3n) is 3.27. The molecular weight excluding hydrogens is 274 g/mol. The Morgan fingerprint density at radius 1 is 1.14 bits per heavy atom. The maximum Gasteiger partial charge on any atom is 0.338 e. The highest BCUT2D eigenvalue weighted by molar-refractivity contribution is 5.89. The van der Waals surface area contributed by atoms with E-state index in [1.54, 1.807) is 18.3 Å². The number of aliphatic imine (C=N–C) groups is 1. The molecule has 2 aromatic rings. The molecule has 0 radical (unpaired) electrons. The first-order chi connectivity index (χ1) is 10.7. The minimum Gasteiger partial charge on any atom is -0.462 e. The second-order valence-corrected chi connectivity index (χ2v) is 5.35. The van der Waals surface area contributed by atoms with E-state index in [4.69, 9.17) is 4.74 Å². The van der Waals surface area contributed by atoms with Crippen LogP contribution in [-0.4, -0.2) is 18.8 Å². The number of esters is 1. The molecule has 0 atom stereocenters. The normalized spacial score (nSPS) is 11.0. The molecule has 2 rings (SSSR count). The Morgan fingerprint density at radius 2 is 1.91 bits per heavy atom. The van der Waals surface area contributed by atoms with E-state index in [0.29, 0.717) is 24.5 Å². The summed E-state index contributed by atoms with van der Waals surface area (Å²) in [6, 6.07) is 17.2. The lowest BCUT2D eigenvalue weighted by molar-refractivity contribution is 0.0516. The molecule has 3 heteroatoms. The average Bonchev–Trinajstić information content (AvgIpc) is 2.55. The van der Waals surface area contributed by atoms with Gasteiger partial charge >= 0.3 is 5.97 Å². The Morgan fingerprint density at radius 3 is 2.64 bits per heavy atom. The Bertz CT molecular complexity index is 633. The highest BCUT2D eigenvalue weighted by Gasteiger charge is 2.04. The largest absolute Gasteiger partial charge is 0.462 e. The zero-order chi connectivity index (χ0) is 15.8. The molecule has 0 saturated heterocycles. The van der Waals surface area contributed by atoms with E-state index in [2.05, 4.69) is 31.0 Å². The average molecular weight is 295 g/mol. The van der Waals surface area contributed by atoms with E-state index in [9.17, 15) is 4.79 Å². The topological polar surface area (TPSA) is 38.7 Å². The van der Waals surface area contributed by atoms with Gasteiger partial charge in [-0.1, -0.05) is 44.2 Å². The summed E-state index contributed by atoms with van der Waals surface area (Å²) in [6.07, 6.45) is 2.39. The summed E-state index contributed by atoms with van der Waals surface area (Å²) >= 11 is 0. The molecule has 0 heterocycles. The summed E-state index contributed by atoms with van der Waals surface area (Å²) < 4.78 is 5.20. The van der Waals surface area contributed by atoms with Crippen molar-refractivity contribution in [1.82, 2.24) is 0 Å². The fourth-order valence-corrected chi connectivity index (χ4v) is 2.00. The van der Waals surface area contributed by atoms with Crippen LogP contribution in [0, 0.1) is 0 Å². The second kappa shape index (κ2) is 8.13. The van der Waals surface area contributed by atoms with Crippen molar-refractivity contribution < 1.29 is 9.53 Å². The Kier molecular flexibility index (Phi) is 5.90. The zero-order valence-electron chi connectivity index (χ0n) is 13.0. The smallest absolute Gasteiger partial charge is 0.338 e. The van der Waals surface area contributed by atoms with Gasteiger partial charge in [0.15, 0.2) is 0 Å². The van der Waals surface area contributed by atoms with E-state index in [1.165, 1.54) is 5.56 Å². The highest BCUT2D eigenvalue weighted by atomic mass is 16.5. The molecule has 0 spiro atoms. The fourth-order valence-electron chi connectivity index (χ4n) is 2.00. The summed E-state index contributed by atoms with van der Waals surface area (Å²) in [5.41, 5.74) is 2.77. The first-order valence-corrected chi connectivity index (χ1v) is 7.51. The Balaban J connectivity index is 1.79. The zero-order valence-corrected chi connectivity index (χ0v) is 13.0. The minimum atomic E-state index is -0.296. The maximum atomic E-state index is 11.7. The van der Waals surface area contributed by atoms with Crippen molar-refractivity contribution in [3.63, 3.8) is 0 Å². The van der Waals surface area contributed by atoms with Gasteiger partial charge in [0.2, 0.25) is 0 Å². The maximum absolute atomic E-state index is 11.7. The number of nitrogens with zero attached hydrogens (tertiary/aromatic N) is 1. The van der Waals surface area contributed by atoms with E-state index < -0.39 is 0 Å². The molecule has 0 N–H and O–H groups in total. The molecule has 0 aliphatic heterocycles. The van der Waals surface area contributed by atoms with Crippen molar-refractivity contribution in [3.8, 4) is 0 Å². The summed E-state index contributed by atoms with van der Waals surface area (Å²) in [5, 5.41) is 0. The van der Waals surface area contributed by atoms with Crippen molar-refractivity contribution in [3.05, 3.63) is 65.7 Å². The van der Waals surface area contributed by atoms with Crippen molar-refractivity contribution >= 4 is 17.9 Å². The van der Waals surface area contributed by atoms with E-state index >= 15 is 0 Å². The van der Waals surface area contributed by atoms with Crippen LogP contribution in [0.2, 0.25) is 0 Å². The van der Waals surface area contributed by atoms with Crippen LogP contribution < -0.4 is 0 Å². The lowest BCUT2D eigenvalue weighted by Crippen LogP contribution is -2.06. The number of hydrogen-bond donors (Lipinski definition) is 0. The van der Waals surface area contributed by atoms with Gasteiger partial charge in [0.25, 0.3) is 0 Å². The number of rotatable bonds is 6. The van der Waals surface area contributed by atoms with Crippen molar-refractivity contribution in [2.75, 3.05) is 6.61 Å². The van der Waals surface area contributed by atoms with Gasteiger partial charge in [-0.2, -0.15) is 0 Å². The molecule has 2 aromatic carbocycles. The molecular formula is C19H21NO2. The number of hydrogen-bond acceptors (Lipinski definition) is 3. The lowest BCUT2D eigenvalue weighted by Gasteiger charge is -2.05. The van der Waals surface area contributed by atoms with Crippen LogP contribution in [0.5, 0.6) is 0 Å². The quantitative estimate of drug-likeness (QED) is 0.438. The van der Waals surface area contributed by atoms with Gasteiger partial charge in [0.1, 0.15) is 0 Å². The number of benzene rings is 2. The van der Waals surface area contributed by atoms with Gasteiger partial charge in [-0.05, 0) is 35.7 Å². The van der Waals surface area contributed by atoms with E-state index in [-0.39, 0.29) is 5.97 Å². The van der Waals surface area contributed by atoms with E-state index in [1.807, 2.05) is 30.3 Å².